The van der Waals surface area contributed by atoms with Crippen LogP contribution in [0.3, 0.4) is 0 Å². The summed E-state index contributed by atoms with van der Waals surface area (Å²) in [6, 6.07) is 11.2. The van der Waals surface area contributed by atoms with Crippen LogP contribution in [0.2, 0.25) is 0 Å². The molecule has 2 aromatic carbocycles. The van der Waals surface area contributed by atoms with Crippen molar-refractivity contribution in [2.24, 2.45) is 5.92 Å². The van der Waals surface area contributed by atoms with E-state index >= 15 is 0 Å². The third-order valence-corrected chi connectivity index (χ3v) is 8.08. The highest BCUT2D eigenvalue weighted by Gasteiger charge is 2.31. The van der Waals surface area contributed by atoms with E-state index in [1.165, 1.54) is 23.0 Å². The zero-order valence-electron chi connectivity index (χ0n) is 18.9. The maximum absolute atomic E-state index is 14.0. The molecule has 4 heterocycles. The number of hydrogen-bond acceptors (Lipinski definition) is 7. The summed E-state index contributed by atoms with van der Waals surface area (Å²) in [5.41, 5.74) is 1.64. The molecule has 0 radical (unpaired) electrons. The molecular weight excluding hydrogens is 455 g/mol. The third-order valence-electron chi connectivity index (χ3n) is 7.00. The Labute approximate surface area is 201 Å². The van der Waals surface area contributed by atoms with Crippen molar-refractivity contribution in [2.75, 3.05) is 51.0 Å². The maximum atomic E-state index is 14.0. The number of thiazole rings is 1. The number of fused-ring (bicyclic) bond motifs is 2. The molecule has 0 spiro atoms. The molecule has 2 saturated heterocycles. The fraction of sp³-hybridized carbons (Fsp3) is 0.440. The van der Waals surface area contributed by atoms with Crippen molar-refractivity contribution in [3.05, 3.63) is 47.8 Å². The monoisotopic (exact) mass is 482 g/mol. The number of para-hydroxylation sites is 1. The number of piperazine rings is 1. The number of rotatable bonds is 4. The second-order valence-corrected chi connectivity index (χ2v) is 10.1. The summed E-state index contributed by atoms with van der Waals surface area (Å²) in [7, 11) is 0. The highest BCUT2D eigenvalue weighted by atomic mass is 32.1. The smallest absolute Gasteiger partial charge is 0.231 e. The number of piperidine rings is 1. The number of hydrogen-bond donors (Lipinski definition) is 0. The molecule has 1 amide bonds. The zero-order valence-corrected chi connectivity index (χ0v) is 19.7. The van der Waals surface area contributed by atoms with Crippen LogP contribution in [-0.2, 0) is 11.3 Å². The fourth-order valence-electron chi connectivity index (χ4n) is 5.04. The number of ether oxygens (including phenoxy) is 2. The van der Waals surface area contributed by atoms with E-state index in [2.05, 4.69) is 20.9 Å². The Hall–Kier alpha value is -2.91. The van der Waals surface area contributed by atoms with Gasteiger partial charge in [-0.1, -0.05) is 23.5 Å². The SMILES string of the molecule is O=C(C1CCN(c2nc3c(F)cccc3s2)CC1)N1CCN(Cc2ccc3c(c2)OCO3)CC1. The van der Waals surface area contributed by atoms with Crippen molar-refractivity contribution in [3.63, 3.8) is 0 Å². The molecule has 6 rings (SSSR count). The Kier molecular flexibility index (Phi) is 5.74. The minimum atomic E-state index is -0.275. The first-order chi connectivity index (χ1) is 16.6. The number of nitrogens with zero attached hydrogens (tertiary/aromatic N) is 4. The maximum Gasteiger partial charge on any atom is 0.231 e. The Morgan fingerprint density at radius 2 is 1.82 bits per heavy atom. The average Bonchev–Trinajstić information content (AvgIpc) is 3.52. The first-order valence-corrected chi connectivity index (χ1v) is 12.7. The Balaban J connectivity index is 1.00. The van der Waals surface area contributed by atoms with Crippen LogP contribution in [0.4, 0.5) is 9.52 Å². The van der Waals surface area contributed by atoms with Crippen LogP contribution in [0.1, 0.15) is 18.4 Å². The van der Waals surface area contributed by atoms with Gasteiger partial charge in [0.25, 0.3) is 0 Å². The Morgan fingerprint density at radius 1 is 1.03 bits per heavy atom. The van der Waals surface area contributed by atoms with E-state index < -0.39 is 0 Å². The number of anilines is 1. The van der Waals surface area contributed by atoms with Crippen LogP contribution in [0.25, 0.3) is 10.2 Å². The number of benzene rings is 2. The van der Waals surface area contributed by atoms with Crippen molar-refractivity contribution < 1.29 is 18.7 Å². The molecule has 0 aliphatic carbocycles. The quantitative estimate of drug-likeness (QED) is 0.565. The zero-order chi connectivity index (χ0) is 23.1. The fourth-order valence-corrected chi connectivity index (χ4v) is 6.07. The van der Waals surface area contributed by atoms with E-state index in [0.29, 0.717) is 5.52 Å². The summed E-state index contributed by atoms with van der Waals surface area (Å²) >= 11 is 1.52. The molecule has 0 bridgehead atoms. The van der Waals surface area contributed by atoms with Crippen molar-refractivity contribution in [1.82, 2.24) is 14.8 Å². The molecule has 7 nitrogen and oxygen atoms in total. The van der Waals surface area contributed by atoms with Crippen LogP contribution in [0, 0.1) is 11.7 Å². The molecule has 0 N–H and O–H groups in total. The standard InChI is InChI=1S/C25H27FN4O3S/c26-19-2-1-3-22-23(19)27-25(34-22)30-8-6-18(7-9-30)24(31)29-12-10-28(11-13-29)15-17-4-5-20-21(14-17)33-16-32-20/h1-5,14,18H,6-13,15-16H2. The summed E-state index contributed by atoms with van der Waals surface area (Å²) in [5, 5.41) is 0.850. The van der Waals surface area contributed by atoms with E-state index in [4.69, 9.17) is 9.47 Å². The predicted octanol–water partition coefficient (Wildman–Crippen LogP) is 3.72. The molecule has 0 atom stereocenters. The lowest BCUT2D eigenvalue weighted by atomic mass is 9.95. The Bertz CT molecular complexity index is 1200. The van der Waals surface area contributed by atoms with E-state index in [0.717, 1.165) is 80.0 Å². The van der Waals surface area contributed by atoms with Gasteiger partial charge in [-0.2, -0.15) is 0 Å². The topological polar surface area (TPSA) is 58.1 Å². The lowest BCUT2D eigenvalue weighted by Gasteiger charge is -2.38. The molecule has 3 aliphatic heterocycles. The van der Waals surface area contributed by atoms with Crippen LogP contribution in [0.15, 0.2) is 36.4 Å². The van der Waals surface area contributed by atoms with Crippen molar-refractivity contribution in [2.45, 2.75) is 19.4 Å². The number of carbonyl (C=O) groups excluding carboxylic acids is 1. The number of halogens is 1. The molecule has 178 valence electrons. The largest absolute Gasteiger partial charge is 0.454 e. The summed E-state index contributed by atoms with van der Waals surface area (Å²) in [4.78, 5) is 24.3. The van der Waals surface area contributed by atoms with E-state index in [1.807, 2.05) is 23.1 Å². The predicted molar refractivity (Wildman–Crippen MR) is 129 cm³/mol. The molecule has 0 saturated carbocycles. The van der Waals surface area contributed by atoms with Crippen LogP contribution >= 0.6 is 11.3 Å². The summed E-state index contributed by atoms with van der Waals surface area (Å²) < 4.78 is 25.7. The molecule has 3 aromatic rings. The first kappa shape index (κ1) is 21.6. The number of aromatic nitrogens is 1. The second kappa shape index (κ2) is 9.03. The normalized spacial score (nSPS) is 19.2. The summed E-state index contributed by atoms with van der Waals surface area (Å²) in [6.45, 7) is 5.97. The van der Waals surface area contributed by atoms with Crippen LogP contribution < -0.4 is 14.4 Å². The van der Waals surface area contributed by atoms with Gasteiger partial charge in [0.2, 0.25) is 12.7 Å². The van der Waals surface area contributed by atoms with Crippen molar-refractivity contribution in [1.29, 1.82) is 0 Å². The highest BCUT2D eigenvalue weighted by molar-refractivity contribution is 7.22. The summed E-state index contributed by atoms with van der Waals surface area (Å²) in [5.74, 6) is 1.68. The molecule has 0 unspecified atom stereocenters. The van der Waals surface area contributed by atoms with Gasteiger partial charge in [-0.05, 0) is 42.7 Å². The first-order valence-electron chi connectivity index (χ1n) is 11.8. The van der Waals surface area contributed by atoms with Crippen LogP contribution in [0.5, 0.6) is 11.5 Å². The number of amides is 1. The minimum absolute atomic E-state index is 0.0581. The molecule has 9 heteroatoms. The van der Waals surface area contributed by atoms with Gasteiger partial charge in [-0.25, -0.2) is 9.37 Å². The molecule has 2 fully saturated rings. The van der Waals surface area contributed by atoms with Gasteiger partial charge in [0, 0.05) is 51.7 Å². The van der Waals surface area contributed by atoms with Gasteiger partial charge in [0.15, 0.2) is 16.6 Å². The third kappa shape index (κ3) is 4.18. The van der Waals surface area contributed by atoms with Crippen LogP contribution in [-0.4, -0.2) is 66.8 Å². The molecule has 3 aliphatic rings. The molecule has 34 heavy (non-hydrogen) atoms. The van der Waals surface area contributed by atoms with Crippen molar-refractivity contribution >= 4 is 32.6 Å². The van der Waals surface area contributed by atoms with Gasteiger partial charge in [-0.15, -0.1) is 0 Å². The molecular formula is C25H27FN4O3S. The van der Waals surface area contributed by atoms with E-state index in [-0.39, 0.29) is 24.4 Å². The molecule has 1 aromatic heterocycles. The van der Waals surface area contributed by atoms with Gasteiger partial charge < -0.3 is 19.3 Å². The van der Waals surface area contributed by atoms with Gasteiger partial charge in [-0.3, -0.25) is 9.69 Å². The lowest BCUT2D eigenvalue weighted by molar-refractivity contribution is -0.138. The summed E-state index contributed by atoms with van der Waals surface area (Å²) in [6.07, 6.45) is 1.63. The van der Waals surface area contributed by atoms with Gasteiger partial charge in [0.05, 0.1) is 4.70 Å². The highest BCUT2D eigenvalue weighted by Crippen LogP contribution is 2.34. The Morgan fingerprint density at radius 3 is 2.62 bits per heavy atom. The minimum Gasteiger partial charge on any atom is -0.454 e. The lowest BCUT2D eigenvalue weighted by Crippen LogP contribution is -2.51. The average molecular weight is 483 g/mol. The van der Waals surface area contributed by atoms with Gasteiger partial charge in [0.1, 0.15) is 11.3 Å². The van der Waals surface area contributed by atoms with E-state index in [1.54, 1.807) is 6.07 Å². The van der Waals surface area contributed by atoms with E-state index in [9.17, 15) is 9.18 Å². The van der Waals surface area contributed by atoms with Gasteiger partial charge >= 0.3 is 0 Å². The second-order valence-electron chi connectivity index (χ2n) is 9.13. The number of carbonyl (C=O) groups is 1. The van der Waals surface area contributed by atoms with Crippen molar-refractivity contribution in [3.8, 4) is 11.5 Å².